The van der Waals surface area contributed by atoms with Gasteiger partial charge >= 0.3 is 0 Å². The highest BCUT2D eigenvalue weighted by molar-refractivity contribution is 5.98. The Kier molecular flexibility index (Phi) is 4.27. The van der Waals surface area contributed by atoms with E-state index in [2.05, 4.69) is 17.1 Å². The first-order chi connectivity index (χ1) is 9.10. The van der Waals surface area contributed by atoms with Gasteiger partial charge in [-0.3, -0.25) is 4.79 Å². The van der Waals surface area contributed by atoms with Crippen LogP contribution in [-0.4, -0.2) is 37.0 Å². The van der Waals surface area contributed by atoms with Gasteiger partial charge in [-0.2, -0.15) is 0 Å². The number of nitrogens with two attached hydrogens (primary N) is 2. The van der Waals surface area contributed by atoms with Crippen LogP contribution in [0.3, 0.4) is 0 Å². The number of hydrogen-bond donors (Lipinski definition) is 3. The highest BCUT2D eigenvalue weighted by Crippen LogP contribution is 2.20. The summed E-state index contributed by atoms with van der Waals surface area (Å²) in [5.74, 6) is 0.175. The van der Waals surface area contributed by atoms with Gasteiger partial charge in [0, 0.05) is 24.5 Å². The molecule has 1 amide bonds. The first kappa shape index (κ1) is 13.7. The Bertz CT molecular complexity index is 461. The Labute approximate surface area is 113 Å². The van der Waals surface area contributed by atoms with E-state index in [1.165, 1.54) is 13.0 Å². The molecule has 0 aromatic heterocycles. The lowest BCUT2D eigenvalue weighted by Crippen LogP contribution is -2.22. The summed E-state index contributed by atoms with van der Waals surface area (Å²) in [6.45, 7) is 6.54. The third kappa shape index (κ3) is 3.38. The normalized spacial score (nSPS) is 19.5. The van der Waals surface area contributed by atoms with Gasteiger partial charge in [0.1, 0.15) is 0 Å². The van der Waals surface area contributed by atoms with E-state index in [-0.39, 0.29) is 0 Å². The van der Waals surface area contributed by atoms with Crippen molar-refractivity contribution in [1.82, 2.24) is 4.90 Å². The molecule has 1 heterocycles. The second-order valence-corrected chi connectivity index (χ2v) is 5.10. The van der Waals surface area contributed by atoms with Crippen molar-refractivity contribution in [2.75, 3.05) is 37.2 Å². The summed E-state index contributed by atoms with van der Waals surface area (Å²) < 4.78 is 0. The minimum atomic E-state index is -0.487. The van der Waals surface area contributed by atoms with Gasteiger partial charge in [0.05, 0.1) is 5.56 Å². The fourth-order valence-electron chi connectivity index (χ4n) is 2.51. The number of amides is 1. The topological polar surface area (TPSA) is 84.4 Å². The molecule has 1 aliphatic heterocycles. The van der Waals surface area contributed by atoms with E-state index >= 15 is 0 Å². The molecule has 0 radical (unpaired) electrons. The average molecular weight is 262 g/mol. The number of nitrogens with zero attached hydrogens (tertiary/aromatic N) is 1. The molecular formula is C14H22N4O. The molecule has 1 aromatic carbocycles. The molecule has 0 saturated carbocycles. The summed E-state index contributed by atoms with van der Waals surface area (Å²) in [4.78, 5) is 13.7. The first-order valence-corrected chi connectivity index (χ1v) is 6.75. The highest BCUT2D eigenvalue weighted by Gasteiger charge is 2.20. The smallest absolute Gasteiger partial charge is 0.250 e. The Morgan fingerprint density at radius 2 is 2.32 bits per heavy atom. The fraction of sp³-hybridized carbons (Fsp3) is 0.500. The molecule has 1 saturated heterocycles. The first-order valence-electron chi connectivity index (χ1n) is 6.75. The Hall–Kier alpha value is -1.75. The zero-order valence-corrected chi connectivity index (χ0v) is 11.4. The van der Waals surface area contributed by atoms with Crippen LogP contribution in [0.15, 0.2) is 18.2 Å². The van der Waals surface area contributed by atoms with Gasteiger partial charge in [-0.05, 0) is 43.6 Å². The lowest BCUT2D eigenvalue weighted by molar-refractivity contribution is 0.100. The van der Waals surface area contributed by atoms with Crippen LogP contribution in [0.4, 0.5) is 11.4 Å². The van der Waals surface area contributed by atoms with Gasteiger partial charge in [0.2, 0.25) is 0 Å². The largest absolute Gasteiger partial charge is 0.398 e. The SMILES string of the molecule is CCN1CCC(CNc2ccc(N)c(C(N)=O)c2)C1. The highest BCUT2D eigenvalue weighted by atomic mass is 16.1. The van der Waals surface area contributed by atoms with Crippen molar-refractivity contribution < 1.29 is 4.79 Å². The van der Waals surface area contributed by atoms with Gasteiger partial charge in [-0.15, -0.1) is 0 Å². The van der Waals surface area contributed by atoms with Crippen molar-refractivity contribution in [1.29, 1.82) is 0 Å². The average Bonchev–Trinajstić information content (AvgIpc) is 2.85. The quantitative estimate of drug-likeness (QED) is 0.694. The number of nitrogen functional groups attached to an aromatic ring is 1. The zero-order valence-electron chi connectivity index (χ0n) is 11.4. The van der Waals surface area contributed by atoms with Crippen LogP contribution in [0.1, 0.15) is 23.7 Å². The standard InChI is InChI=1S/C14H22N4O/c1-2-18-6-5-10(9-18)8-17-11-3-4-13(15)12(7-11)14(16)19/h3-4,7,10,17H,2,5-6,8-9,15H2,1H3,(H2,16,19). The van der Waals surface area contributed by atoms with E-state index in [4.69, 9.17) is 11.5 Å². The lowest BCUT2D eigenvalue weighted by atomic mass is 10.1. The number of carbonyl (C=O) groups is 1. The number of rotatable bonds is 5. The molecule has 0 aliphatic carbocycles. The van der Waals surface area contributed by atoms with Crippen LogP contribution in [0.2, 0.25) is 0 Å². The molecule has 1 aliphatic rings. The van der Waals surface area contributed by atoms with Crippen LogP contribution < -0.4 is 16.8 Å². The molecule has 0 spiro atoms. The number of nitrogens with one attached hydrogen (secondary N) is 1. The molecule has 2 rings (SSSR count). The third-order valence-electron chi connectivity index (χ3n) is 3.73. The number of hydrogen-bond acceptors (Lipinski definition) is 4. The van der Waals surface area contributed by atoms with Crippen molar-refractivity contribution in [3.63, 3.8) is 0 Å². The van der Waals surface area contributed by atoms with E-state index in [9.17, 15) is 4.79 Å². The minimum absolute atomic E-state index is 0.381. The second kappa shape index (κ2) is 5.93. The van der Waals surface area contributed by atoms with Gasteiger partial charge in [0.25, 0.3) is 5.91 Å². The van der Waals surface area contributed by atoms with E-state index < -0.39 is 5.91 Å². The summed E-state index contributed by atoms with van der Waals surface area (Å²) in [7, 11) is 0. The maximum absolute atomic E-state index is 11.2. The van der Waals surface area contributed by atoms with E-state index in [0.717, 1.165) is 25.3 Å². The number of carbonyl (C=O) groups excluding carboxylic acids is 1. The summed E-state index contributed by atoms with van der Waals surface area (Å²) in [5.41, 5.74) is 12.7. The van der Waals surface area contributed by atoms with Gasteiger partial charge in [-0.25, -0.2) is 0 Å². The Balaban J connectivity index is 1.93. The van der Waals surface area contributed by atoms with Crippen LogP contribution in [0, 0.1) is 5.92 Å². The monoisotopic (exact) mass is 262 g/mol. The Morgan fingerprint density at radius 1 is 1.53 bits per heavy atom. The van der Waals surface area contributed by atoms with E-state index in [1.54, 1.807) is 12.1 Å². The lowest BCUT2D eigenvalue weighted by Gasteiger charge is -2.15. The molecule has 1 atom stereocenters. The molecule has 1 aromatic rings. The molecule has 1 fully saturated rings. The third-order valence-corrected chi connectivity index (χ3v) is 3.73. The predicted molar refractivity (Wildman–Crippen MR) is 78.1 cm³/mol. The molecule has 5 nitrogen and oxygen atoms in total. The van der Waals surface area contributed by atoms with Crippen molar-refractivity contribution in [3.05, 3.63) is 23.8 Å². The van der Waals surface area contributed by atoms with E-state index in [1.807, 2.05) is 6.07 Å². The summed E-state index contributed by atoms with van der Waals surface area (Å²) in [5, 5.41) is 3.36. The molecule has 5 heteroatoms. The number of primary amides is 1. The predicted octanol–water partition coefficient (Wildman–Crippen LogP) is 1.12. The maximum Gasteiger partial charge on any atom is 0.250 e. The maximum atomic E-state index is 11.2. The van der Waals surface area contributed by atoms with Crippen LogP contribution >= 0.6 is 0 Å². The molecule has 1 unspecified atom stereocenters. The molecule has 5 N–H and O–H groups in total. The van der Waals surface area contributed by atoms with Gasteiger partial charge in [-0.1, -0.05) is 6.92 Å². The van der Waals surface area contributed by atoms with Crippen LogP contribution in [0.25, 0.3) is 0 Å². The van der Waals surface area contributed by atoms with Crippen molar-refractivity contribution >= 4 is 17.3 Å². The minimum Gasteiger partial charge on any atom is -0.398 e. The molecular weight excluding hydrogens is 240 g/mol. The van der Waals surface area contributed by atoms with Crippen LogP contribution in [0.5, 0.6) is 0 Å². The summed E-state index contributed by atoms with van der Waals surface area (Å²) >= 11 is 0. The molecule has 104 valence electrons. The van der Waals surface area contributed by atoms with E-state index in [0.29, 0.717) is 17.2 Å². The van der Waals surface area contributed by atoms with Crippen LogP contribution in [-0.2, 0) is 0 Å². The van der Waals surface area contributed by atoms with Crippen molar-refractivity contribution in [2.24, 2.45) is 11.7 Å². The molecule has 0 bridgehead atoms. The summed E-state index contributed by atoms with van der Waals surface area (Å²) in [6.07, 6.45) is 1.22. The summed E-state index contributed by atoms with van der Waals surface area (Å²) in [6, 6.07) is 5.33. The van der Waals surface area contributed by atoms with Crippen molar-refractivity contribution in [3.8, 4) is 0 Å². The van der Waals surface area contributed by atoms with Gasteiger partial charge in [0.15, 0.2) is 0 Å². The molecule has 19 heavy (non-hydrogen) atoms. The Morgan fingerprint density at radius 3 is 2.95 bits per heavy atom. The van der Waals surface area contributed by atoms with Gasteiger partial charge < -0.3 is 21.7 Å². The van der Waals surface area contributed by atoms with Crippen molar-refractivity contribution in [2.45, 2.75) is 13.3 Å². The number of benzene rings is 1. The zero-order chi connectivity index (χ0) is 13.8. The number of anilines is 2. The fourth-order valence-corrected chi connectivity index (χ4v) is 2.51. The number of likely N-dealkylation sites (tertiary alicyclic amines) is 1. The second-order valence-electron chi connectivity index (χ2n) is 5.10.